The van der Waals surface area contributed by atoms with Crippen LogP contribution in [0.15, 0.2) is 15.5 Å². The summed E-state index contributed by atoms with van der Waals surface area (Å²) in [6.07, 6.45) is -3.83. The van der Waals surface area contributed by atoms with Crippen LogP contribution in [0.1, 0.15) is 16.1 Å². The van der Waals surface area contributed by atoms with Gasteiger partial charge in [0.1, 0.15) is 17.3 Å². The monoisotopic (exact) mass is 287 g/mol. The van der Waals surface area contributed by atoms with Crippen LogP contribution in [0.4, 0.5) is 8.78 Å². The van der Waals surface area contributed by atoms with Crippen LogP contribution in [-0.2, 0) is 0 Å². The Morgan fingerprint density at radius 3 is 2.95 bits per heavy atom. The van der Waals surface area contributed by atoms with Crippen LogP contribution in [0.2, 0.25) is 0 Å². The standard InChI is InChI=1S/C11H11F2N3O4/c1-4-6(9(18)14-2-5(17)8(12)13)7-10(19)15-3-16-11(7)20-4/h3,5,8,17H,2H2,1H3,(H,14,18)(H,15,16,19). The molecule has 0 aliphatic heterocycles. The number of hydrogen-bond acceptors (Lipinski definition) is 5. The highest BCUT2D eigenvalue weighted by molar-refractivity contribution is 6.06. The number of carbonyl (C=O) groups excluding carboxylic acids is 1. The Bertz CT molecular complexity index is 695. The lowest BCUT2D eigenvalue weighted by Crippen LogP contribution is -2.36. The van der Waals surface area contributed by atoms with Gasteiger partial charge >= 0.3 is 0 Å². The molecule has 2 aromatic heterocycles. The van der Waals surface area contributed by atoms with E-state index in [9.17, 15) is 18.4 Å². The number of alkyl halides is 2. The van der Waals surface area contributed by atoms with Gasteiger partial charge in [-0.05, 0) is 6.92 Å². The van der Waals surface area contributed by atoms with E-state index in [0.29, 0.717) is 0 Å². The van der Waals surface area contributed by atoms with Gasteiger partial charge in [-0.25, -0.2) is 13.8 Å². The van der Waals surface area contributed by atoms with E-state index >= 15 is 0 Å². The first-order valence-corrected chi connectivity index (χ1v) is 5.63. The van der Waals surface area contributed by atoms with Gasteiger partial charge in [0.15, 0.2) is 0 Å². The van der Waals surface area contributed by atoms with E-state index in [-0.39, 0.29) is 22.4 Å². The number of amides is 1. The molecule has 7 nitrogen and oxygen atoms in total. The minimum Gasteiger partial charge on any atom is -0.442 e. The second-order valence-corrected chi connectivity index (χ2v) is 4.06. The highest BCUT2D eigenvalue weighted by Crippen LogP contribution is 2.20. The fourth-order valence-electron chi connectivity index (χ4n) is 1.70. The summed E-state index contributed by atoms with van der Waals surface area (Å²) in [5.41, 5.74) is -0.687. The third-order valence-electron chi connectivity index (χ3n) is 2.66. The molecule has 0 spiro atoms. The molecular formula is C11H11F2N3O4. The average Bonchev–Trinajstić information content (AvgIpc) is 2.73. The molecule has 3 N–H and O–H groups in total. The van der Waals surface area contributed by atoms with Gasteiger partial charge in [0.25, 0.3) is 17.9 Å². The van der Waals surface area contributed by atoms with Crippen molar-refractivity contribution < 1.29 is 23.1 Å². The van der Waals surface area contributed by atoms with E-state index in [1.165, 1.54) is 6.92 Å². The van der Waals surface area contributed by atoms with Gasteiger partial charge < -0.3 is 19.8 Å². The molecular weight excluding hydrogens is 276 g/mol. The van der Waals surface area contributed by atoms with E-state index in [4.69, 9.17) is 9.52 Å². The van der Waals surface area contributed by atoms with Crippen molar-refractivity contribution in [1.82, 2.24) is 15.3 Å². The zero-order chi connectivity index (χ0) is 14.9. The van der Waals surface area contributed by atoms with Crippen molar-refractivity contribution in [2.45, 2.75) is 19.5 Å². The molecule has 2 heterocycles. The summed E-state index contributed by atoms with van der Waals surface area (Å²) in [6.45, 7) is 0.806. The molecule has 0 saturated heterocycles. The number of aromatic amines is 1. The van der Waals surface area contributed by atoms with Crippen molar-refractivity contribution in [2.24, 2.45) is 0 Å². The van der Waals surface area contributed by atoms with Crippen molar-refractivity contribution >= 4 is 17.0 Å². The number of hydrogen-bond donors (Lipinski definition) is 3. The van der Waals surface area contributed by atoms with Gasteiger partial charge in [-0.15, -0.1) is 0 Å². The first kappa shape index (κ1) is 14.1. The normalized spacial score (nSPS) is 12.8. The molecule has 1 atom stereocenters. The smallest absolute Gasteiger partial charge is 0.265 e. The molecule has 9 heteroatoms. The summed E-state index contributed by atoms with van der Waals surface area (Å²) < 4.78 is 29.4. The Balaban J connectivity index is 2.31. The van der Waals surface area contributed by atoms with Crippen molar-refractivity contribution in [3.05, 3.63) is 28.0 Å². The van der Waals surface area contributed by atoms with Crippen LogP contribution in [0, 0.1) is 6.92 Å². The summed E-state index contributed by atoms with van der Waals surface area (Å²) in [4.78, 5) is 29.6. The molecule has 0 fully saturated rings. The largest absolute Gasteiger partial charge is 0.442 e. The molecule has 20 heavy (non-hydrogen) atoms. The molecule has 0 aromatic carbocycles. The number of rotatable bonds is 4. The van der Waals surface area contributed by atoms with Crippen LogP contribution in [0.25, 0.3) is 11.1 Å². The third kappa shape index (κ3) is 2.52. The van der Waals surface area contributed by atoms with Crippen molar-refractivity contribution in [1.29, 1.82) is 0 Å². The topological polar surface area (TPSA) is 108 Å². The zero-order valence-electron chi connectivity index (χ0n) is 10.3. The summed E-state index contributed by atoms with van der Waals surface area (Å²) in [6, 6.07) is 0. The van der Waals surface area contributed by atoms with Crippen LogP contribution in [0.3, 0.4) is 0 Å². The SMILES string of the molecule is Cc1oc2nc[nH]c(=O)c2c1C(=O)NCC(O)C(F)F. The lowest BCUT2D eigenvalue weighted by Gasteiger charge is -2.10. The predicted molar refractivity (Wildman–Crippen MR) is 63.7 cm³/mol. The van der Waals surface area contributed by atoms with Crippen LogP contribution < -0.4 is 10.9 Å². The lowest BCUT2D eigenvalue weighted by molar-refractivity contribution is -0.00270. The molecule has 108 valence electrons. The number of H-pyrrole nitrogens is 1. The second-order valence-electron chi connectivity index (χ2n) is 4.06. The van der Waals surface area contributed by atoms with Gasteiger partial charge in [-0.3, -0.25) is 9.59 Å². The number of aliphatic hydroxyl groups is 1. The first-order valence-electron chi connectivity index (χ1n) is 5.63. The van der Waals surface area contributed by atoms with E-state index < -0.39 is 30.5 Å². The lowest BCUT2D eigenvalue weighted by atomic mass is 10.2. The maximum Gasteiger partial charge on any atom is 0.265 e. The number of aromatic nitrogens is 2. The number of halogens is 2. The van der Waals surface area contributed by atoms with Gasteiger partial charge in [-0.2, -0.15) is 0 Å². The molecule has 1 amide bonds. The zero-order valence-corrected chi connectivity index (χ0v) is 10.3. The molecule has 0 saturated carbocycles. The van der Waals surface area contributed by atoms with Crippen molar-refractivity contribution in [3.63, 3.8) is 0 Å². The van der Waals surface area contributed by atoms with E-state index in [0.717, 1.165) is 6.33 Å². The van der Waals surface area contributed by atoms with Gasteiger partial charge in [-0.1, -0.05) is 0 Å². The fraction of sp³-hybridized carbons (Fsp3) is 0.364. The van der Waals surface area contributed by atoms with Crippen molar-refractivity contribution in [2.75, 3.05) is 6.54 Å². The molecule has 2 rings (SSSR count). The molecule has 0 radical (unpaired) electrons. The van der Waals surface area contributed by atoms with E-state index in [1.54, 1.807) is 0 Å². The van der Waals surface area contributed by atoms with Crippen molar-refractivity contribution in [3.8, 4) is 0 Å². The quantitative estimate of drug-likeness (QED) is 0.743. The number of furan rings is 1. The van der Waals surface area contributed by atoms with E-state index in [2.05, 4.69) is 15.3 Å². The molecule has 0 aliphatic carbocycles. The molecule has 1 unspecified atom stereocenters. The highest BCUT2D eigenvalue weighted by Gasteiger charge is 2.23. The van der Waals surface area contributed by atoms with Crippen LogP contribution >= 0.6 is 0 Å². The summed E-state index contributed by atoms with van der Waals surface area (Å²) >= 11 is 0. The number of fused-ring (bicyclic) bond motifs is 1. The Hall–Kier alpha value is -2.29. The number of carbonyl (C=O) groups is 1. The van der Waals surface area contributed by atoms with Gasteiger partial charge in [0.05, 0.1) is 11.9 Å². The number of nitrogens with zero attached hydrogens (tertiary/aromatic N) is 1. The summed E-state index contributed by atoms with van der Waals surface area (Å²) in [5, 5.41) is 11.0. The predicted octanol–water partition coefficient (Wildman–Crippen LogP) is 0.180. The molecule has 0 bridgehead atoms. The van der Waals surface area contributed by atoms with Gasteiger partial charge in [0.2, 0.25) is 5.71 Å². The third-order valence-corrected chi connectivity index (χ3v) is 2.66. The fourth-order valence-corrected chi connectivity index (χ4v) is 1.70. The average molecular weight is 287 g/mol. The number of aliphatic hydroxyl groups excluding tert-OH is 1. The summed E-state index contributed by atoms with van der Waals surface area (Å²) in [5.74, 6) is -0.660. The minimum atomic E-state index is -2.97. The maximum absolute atomic E-state index is 12.1. The minimum absolute atomic E-state index is 0.0224. The highest BCUT2D eigenvalue weighted by atomic mass is 19.3. The Morgan fingerprint density at radius 1 is 1.60 bits per heavy atom. The first-order chi connectivity index (χ1) is 9.41. The second kappa shape index (κ2) is 5.37. The molecule has 2 aromatic rings. The Kier molecular flexibility index (Phi) is 3.79. The van der Waals surface area contributed by atoms with E-state index in [1.807, 2.05) is 0 Å². The number of nitrogens with one attached hydrogen (secondary N) is 2. The summed E-state index contributed by atoms with van der Waals surface area (Å²) in [7, 11) is 0. The van der Waals surface area contributed by atoms with Gasteiger partial charge in [0, 0.05) is 6.54 Å². The Morgan fingerprint density at radius 2 is 2.30 bits per heavy atom. The van der Waals surface area contributed by atoms with Crippen LogP contribution in [0.5, 0.6) is 0 Å². The number of aryl methyl sites for hydroxylation is 1. The van der Waals surface area contributed by atoms with Crippen LogP contribution in [-0.4, -0.2) is 40.1 Å². The Labute approximate surface area is 110 Å². The maximum atomic E-state index is 12.1. The molecule has 0 aliphatic rings.